The molecule has 150 valence electrons. The molecule has 0 radical (unpaired) electrons. The molecule has 0 fully saturated rings. The van der Waals surface area contributed by atoms with E-state index < -0.39 is 12.0 Å². The maximum absolute atomic E-state index is 12.7. The molecule has 0 aliphatic heterocycles. The van der Waals surface area contributed by atoms with Gasteiger partial charge in [-0.15, -0.1) is 0 Å². The Morgan fingerprint density at radius 2 is 1.69 bits per heavy atom. The fourth-order valence-corrected chi connectivity index (χ4v) is 3.00. The maximum Gasteiger partial charge on any atom is 0.329 e. The molecule has 0 saturated heterocycles. The third-order valence-electron chi connectivity index (χ3n) is 4.68. The van der Waals surface area contributed by atoms with Crippen molar-refractivity contribution in [1.82, 2.24) is 15.3 Å². The van der Waals surface area contributed by atoms with E-state index in [1.807, 2.05) is 64.1 Å². The van der Waals surface area contributed by atoms with Gasteiger partial charge in [-0.1, -0.05) is 43.7 Å². The summed E-state index contributed by atoms with van der Waals surface area (Å²) in [6.45, 7) is 7.49. The Kier molecular flexibility index (Phi) is 6.22. The fraction of sp³-hybridized carbons (Fsp3) is 0.304. The van der Waals surface area contributed by atoms with Gasteiger partial charge in [0.15, 0.2) is 0 Å². The van der Waals surface area contributed by atoms with Crippen molar-refractivity contribution in [3.63, 3.8) is 0 Å². The summed E-state index contributed by atoms with van der Waals surface area (Å²) in [6.07, 6.45) is 0. The van der Waals surface area contributed by atoms with Crippen LogP contribution in [0.1, 0.15) is 41.2 Å². The number of para-hydroxylation sites is 2. The summed E-state index contributed by atoms with van der Waals surface area (Å²) in [7, 11) is 0. The topological polar surface area (TPSA) is 81.2 Å². The van der Waals surface area contributed by atoms with Crippen LogP contribution in [0, 0.1) is 19.8 Å². The van der Waals surface area contributed by atoms with Gasteiger partial charge in [-0.2, -0.15) is 0 Å². The highest BCUT2D eigenvalue weighted by molar-refractivity contribution is 5.97. The van der Waals surface area contributed by atoms with Crippen LogP contribution in [0.4, 0.5) is 0 Å². The zero-order valence-corrected chi connectivity index (χ0v) is 17.1. The van der Waals surface area contributed by atoms with Gasteiger partial charge < -0.3 is 10.1 Å². The van der Waals surface area contributed by atoms with E-state index in [1.54, 1.807) is 12.1 Å². The molecule has 3 rings (SSSR count). The predicted octanol–water partition coefficient (Wildman–Crippen LogP) is 3.74. The highest BCUT2D eigenvalue weighted by Crippen LogP contribution is 2.14. The lowest BCUT2D eigenvalue weighted by Gasteiger charge is -2.21. The normalized spacial score (nSPS) is 12.0. The van der Waals surface area contributed by atoms with Crippen LogP contribution in [0.2, 0.25) is 0 Å². The number of rotatable bonds is 6. The van der Waals surface area contributed by atoms with Crippen molar-refractivity contribution in [3.05, 3.63) is 71.0 Å². The molecule has 0 aliphatic carbocycles. The summed E-state index contributed by atoms with van der Waals surface area (Å²) >= 11 is 0. The summed E-state index contributed by atoms with van der Waals surface area (Å²) in [6, 6.07) is 14.0. The third kappa shape index (κ3) is 4.96. The van der Waals surface area contributed by atoms with Crippen molar-refractivity contribution in [3.8, 4) is 0 Å². The van der Waals surface area contributed by atoms with Crippen LogP contribution in [-0.2, 0) is 16.1 Å². The summed E-state index contributed by atoms with van der Waals surface area (Å²) < 4.78 is 5.49. The molecule has 0 spiro atoms. The average molecular weight is 391 g/mol. The van der Waals surface area contributed by atoms with Gasteiger partial charge >= 0.3 is 5.97 Å². The molecule has 1 unspecified atom stereocenters. The Morgan fingerprint density at radius 3 is 2.34 bits per heavy atom. The van der Waals surface area contributed by atoms with Crippen LogP contribution in [0.25, 0.3) is 11.0 Å². The molecule has 3 aromatic rings. The number of fused-ring (bicyclic) bond motifs is 1. The van der Waals surface area contributed by atoms with Gasteiger partial charge in [-0.3, -0.25) is 4.79 Å². The maximum atomic E-state index is 12.7. The van der Waals surface area contributed by atoms with Crippen molar-refractivity contribution in [1.29, 1.82) is 0 Å². The molecule has 1 N–H and O–H groups in total. The van der Waals surface area contributed by atoms with E-state index in [1.165, 1.54) is 0 Å². The molecule has 0 saturated carbocycles. The van der Waals surface area contributed by atoms with Gasteiger partial charge in [0.1, 0.15) is 12.6 Å². The molecule has 1 heterocycles. The summed E-state index contributed by atoms with van der Waals surface area (Å²) in [4.78, 5) is 34.3. The first-order valence-electron chi connectivity index (χ1n) is 9.61. The summed E-state index contributed by atoms with van der Waals surface area (Å²) in [5.41, 5.74) is 4.35. The lowest BCUT2D eigenvalue weighted by molar-refractivity contribution is -0.148. The highest BCUT2D eigenvalue weighted by atomic mass is 16.5. The number of nitrogens with one attached hydrogen (secondary N) is 1. The quantitative estimate of drug-likeness (QED) is 0.647. The fourth-order valence-electron chi connectivity index (χ4n) is 3.00. The predicted molar refractivity (Wildman–Crippen MR) is 111 cm³/mol. The number of hydrogen-bond donors (Lipinski definition) is 1. The van der Waals surface area contributed by atoms with E-state index in [2.05, 4.69) is 15.3 Å². The Balaban J connectivity index is 1.70. The second-order valence-electron chi connectivity index (χ2n) is 7.42. The summed E-state index contributed by atoms with van der Waals surface area (Å²) in [5, 5.41) is 2.79. The van der Waals surface area contributed by atoms with Gasteiger partial charge in [0.05, 0.1) is 22.4 Å². The van der Waals surface area contributed by atoms with Gasteiger partial charge in [-0.05, 0) is 44.0 Å². The van der Waals surface area contributed by atoms with Crippen LogP contribution in [0.15, 0.2) is 48.5 Å². The Hall–Kier alpha value is -3.28. The third-order valence-corrected chi connectivity index (χ3v) is 4.68. The Bertz CT molecular complexity index is 1050. The van der Waals surface area contributed by atoms with E-state index >= 15 is 0 Å². The standard InChI is InChI=1S/C23H25N3O3/c1-14(2)21(26-22(27)17-9-7-8-15(3)12-17)23(28)29-13-20-16(4)24-18-10-5-6-11-19(18)25-20/h5-12,14,21H,13H2,1-4H3,(H,26,27). The van der Waals surface area contributed by atoms with E-state index in [0.717, 1.165) is 16.6 Å². The molecule has 1 aromatic heterocycles. The van der Waals surface area contributed by atoms with Crippen LogP contribution in [0.3, 0.4) is 0 Å². The molecule has 0 aliphatic rings. The number of carbonyl (C=O) groups is 2. The van der Waals surface area contributed by atoms with Crippen molar-refractivity contribution in [2.24, 2.45) is 5.92 Å². The first-order valence-corrected chi connectivity index (χ1v) is 9.61. The minimum atomic E-state index is -0.753. The minimum absolute atomic E-state index is 0.00599. The number of hydrogen-bond acceptors (Lipinski definition) is 5. The first-order chi connectivity index (χ1) is 13.8. The number of ether oxygens (including phenoxy) is 1. The average Bonchev–Trinajstić information content (AvgIpc) is 2.69. The van der Waals surface area contributed by atoms with Crippen molar-refractivity contribution < 1.29 is 14.3 Å². The van der Waals surface area contributed by atoms with Crippen LogP contribution < -0.4 is 5.32 Å². The van der Waals surface area contributed by atoms with Gasteiger partial charge in [0.2, 0.25) is 0 Å². The number of nitrogens with zero attached hydrogens (tertiary/aromatic N) is 2. The molecular weight excluding hydrogens is 366 g/mol. The van der Waals surface area contributed by atoms with E-state index in [4.69, 9.17) is 4.74 Å². The molecule has 1 amide bonds. The van der Waals surface area contributed by atoms with Crippen LogP contribution in [0.5, 0.6) is 0 Å². The van der Waals surface area contributed by atoms with Crippen molar-refractivity contribution in [2.45, 2.75) is 40.3 Å². The SMILES string of the molecule is Cc1cccc(C(=O)NC(C(=O)OCc2nc3ccccc3nc2C)C(C)C)c1. The number of amides is 1. The van der Waals surface area contributed by atoms with Crippen LogP contribution in [-0.4, -0.2) is 27.9 Å². The Morgan fingerprint density at radius 1 is 1.00 bits per heavy atom. The second-order valence-corrected chi connectivity index (χ2v) is 7.42. The zero-order valence-electron chi connectivity index (χ0n) is 17.1. The Labute approximate surface area is 170 Å². The van der Waals surface area contributed by atoms with Gasteiger partial charge in [-0.25, -0.2) is 14.8 Å². The lowest BCUT2D eigenvalue weighted by Crippen LogP contribution is -2.45. The lowest BCUT2D eigenvalue weighted by atomic mass is 10.0. The number of benzene rings is 2. The van der Waals surface area contributed by atoms with E-state index in [-0.39, 0.29) is 18.4 Å². The molecule has 29 heavy (non-hydrogen) atoms. The molecule has 0 bridgehead atoms. The van der Waals surface area contributed by atoms with E-state index in [9.17, 15) is 9.59 Å². The molecule has 6 heteroatoms. The monoisotopic (exact) mass is 391 g/mol. The number of aromatic nitrogens is 2. The molecule has 1 atom stereocenters. The van der Waals surface area contributed by atoms with E-state index in [0.29, 0.717) is 17.0 Å². The second kappa shape index (κ2) is 8.82. The number of carbonyl (C=O) groups excluding carboxylic acids is 2. The zero-order chi connectivity index (χ0) is 21.0. The molecule has 2 aromatic carbocycles. The number of aryl methyl sites for hydroxylation is 2. The molecular formula is C23H25N3O3. The summed E-state index contributed by atoms with van der Waals surface area (Å²) in [5.74, 6) is -0.915. The first kappa shape index (κ1) is 20.5. The highest BCUT2D eigenvalue weighted by Gasteiger charge is 2.26. The van der Waals surface area contributed by atoms with Crippen LogP contribution >= 0.6 is 0 Å². The van der Waals surface area contributed by atoms with Gasteiger partial charge in [0.25, 0.3) is 5.91 Å². The smallest absolute Gasteiger partial charge is 0.329 e. The largest absolute Gasteiger partial charge is 0.458 e. The number of esters is 1. The molecule has 6 nitrogen and oxygen atoms in total. The van der Waals surface area contributed by atoms with Crippen molar-refractivity contribution >= 4 is 22.9 Å². The minimum Gasteiger partial charge on any atom is -0.458 e. The van der Waals surface area contributed by atoms with Crippen molar-refractivity contribution in [2.75, 3.05) is 0 Å². The van der Waals surface area contributed by atoms with Gasteiger partial charge in [0, 0.05) is 5.56 Å².